The predicted octanol–water partition coefficient (Wildman–Crippen LogP) is 3.98. The van der Waals surface area contributed by atoms with Crippen LogP contribution in [-0.4, -0.2) is 22.9 Å². The van der Waals surface area contributed by atoms with Crippen molar-refractivity contribution in [1.82, 2.24) is 10.3 Å². The number of benzene rings is 2. The maximum absolute atomic E-state index is 12.7. The van der Waals surface area contributed by atoms with Gasteiger partial charge in [-0.1, -0.05) is 43.3 Å². The van der Waals surface area contributed by atoms with Gasteiger partial charge in [-0.05, 0) is 48.7 Å². The Balaban J connectivity index is 1.66. The topological polar surface area (TPSA) is 80.3 Å². The number of carbonyl (C=O) groups is 2. The Bertz CT molecular complexity index is 1010. The van der Waals surface area contributed by atoms with Crippen molar-refractivity contribution in [2.24, 2.45) is 0 Å². The summed E-state index contributed by atoms with van der Waals surface area (Å²) in [5.41, 5.74) is 2.75. The summed E-state index contributed by atoms with van der Waals surface area (Å²) in [6.07, 6.45) is 3.47. The molecule has 2 aromatic carbocycles. The van der Waals surface area contributed by atoms with Crippen molar-refractivity contribution in [3.63, 3.8) is 0 Å². The number of anilines is 1. The first-order chi connectivity index (χ1) is 14.6. The summed E-state index contributed by atoms with van der Waals surface area (Å²) >= 11 is 0. The van der Waals surface area contributed by atoms with Crippen molar-refractivity contribution >= 4 is 17.5 Å². The minimum absolute atomic E-state index is 0.278. The molecule has 0 saturated carbocycles. The second kappa shape index (κ2) is 10.2. The molecule has 6 nitrogen and oxygen atoms in total. The number of nitrogens with one attached hydrogen (secondary N) is 2. The van der Waals surface area contributed by atoms with Gasteiger partial charge >= 0.3 is 0 Å². The normalized spacial score (nSPS) is 11.4. The van der Waals surface area contributed by atoms with Crippen LogP contribution in [0.5, 0.6) is 5.75 Å². The number of aryl methyl sites for hydroxylation is 1. The van der Waals surface area contributed by atoms with Gasteiger partial charge in [-0.3, -0.25) is 14.6 Å². The summed E-state index contributed by atoms with van der Waals surface area (Å²) < 4.78 is 5.86. The lowest BCUT2D eigenvalue weighted by Gasteiger charge is -2.18. The largest absolute Gasteiger partial charge is 0.481 e. The first-order valence-electron chi connectivity index (χ1n) is 9.90. The second-order valence-corrected chi connectivity index (χ2v) is 6.80. The van der Waals surface area contributed by atoms with E-state index in [1.54, 1.807) is 43.6 Å². The maximum atomic E-state index is 12.7. The van der Waals surface area contributed by atoms with Crippen LogP contribution in [0, 0.1) is 0 Å². The highest BCUT2D eigenvalue weighted by Gasteiger charge is 2.19. The smallest absolute Gasteiger partial charge is 0.265 e. The van der Waals surface area contributed by atoms with Crippen LogP contribution in [0.15, 0.2) is 73.1 Å². The van der Waals surface area contributed by atoms with Crippen LogP contribution in [0.25, 0.3) is 0 Å². The molecule has 2 N–H and O–H groups in total. The van der Waals surface area contributed by atoms with E-state index in [9.17, 15) is 9.59 Å². The lowest BCUT2D eigenvalue weighted by Crippen LogP contribution is -2.32. The number of amides is 2. The second-order valence-electron chi connectivity index (χ2n) is 6.80. The quantitative estimate of drug-likeness (QED) is 0.596. The van der Waals surface area contributed by atoms with Gasteiger partial charge in [0.25, 0.3) is 11.8 Å². The third-order valence-corrected chi connectivity index (χ3v) is 4.63. The Labute approximate surface area is 176 Å². The summed E-state index contributed by atoms with van der Waals surface area (Å²) in [4.78, 5) is 29.4. The molecule has 0 bridgehead atoms. The van der Waals surface area contributed by atoms with Crippen molar-refractivity contribution in [3.05, 3.63) is 89.7 Å². The maximum Gasteiger partial charge on any atom is 0.265 e. The van der Waals surface area contributed by atoms with E-state index in [1.807, 2.05) is 43.3 Å². The highest BCUT2D eigenvalue weighted by molar-refractivity contribution is 6.04. The third kappa shape index (κ3) is 5.44. The number of hydrogen-bond donors (Lipinski definition) is 2. The summed E-state index contributed by atoms with van der Waals surface area (Å²) in [5.74, 6) is 0.0817. The van der Waals surface area contributed by atoms with E-state index in [4.69, 9.17) is 4.74 Å². The van der Waals surface area contributed by atoms with Crippen LogP contribution in [-0.2, 0) is 17.8 Å². The summed E-state index contributed by atoms with van der Waals surface area (Å²) in [6.45, 7) is 4.07. The van der Waals surface area contributed by atoms with Crippen molar-refractivity contribution in [1.29, 1.82) is 0 Å². The van der Waals surface area contributed by atoms with Gasteiger partial charge in [-0.2, -0.15) is 0 Å². The number of rotatable bonds is 8. The molecule has 6 heteroatoms. The number of aromatic nitrogens is 1. The number of ether oxygens (including phenoxy) is 1. The van der Waals surface area contributed by atoms with Crippen molar-refractivity contribution < 1.29 is 14.3 Å². The minimum atomic E-state index is -0.718. The van der Waals surface area contributed by atoms with Gasteiger partial charge in [0.15, 0.2) is 6.10 Å². The number of carbonyl (C=O) groups excluding carboxylic acids is 2. The van der Waals surface area contributed by atoms with E-state index in [2.05, 4.69) is 15.6 Å². The van der Waals surface area contributed by atoms with Gasteiger partial charge in [-0.15, -0.1) is 0 Å². The van der Waals surface area contributed by atoms with E-state index in [0.29, 0.717) is 23.5 Å². The van der Waals surface area contributed by atoms with E-state index in [0.717, 1.165) is 17.5 Å². The van der Waals surface area contributed by atoms with Gasteiger partial charge in [0.1, 0.15) is 5.75 Å². The SMILES string of the molecule is CCc1ccccc1O[C@@H](C)C(=O)Nc1ccccc1C(=O)NCc1cccnc1. The molecule has 154 valence electrons. The number of nitrogens with zero attached hydrogens (tertiary/aromatic N) is 1. The van der Waals surface area contributed by atoms with E-state index in [-0.39, 0.29) is 11.8 Å². The molecular weight excluding hydrogens is 378 g/mol. The van der Waals surface area contributed by atoms with Crippen LogP contribution in [0.4, 0.5) is 5.69 Å². The van der Waals surface area contributed by atoms with E-state index >= 15 is 0 Å². The number of hydrogen-bond acceptors (Lipinski definition) is 4. The standard InChI is InChI=1S/C24H25N3O3/c1-3-19-10-4-7-13-22(19)30-17(2)23(28)27-21-12-6-5-11-20(21)24(29)26-16-18-9-8-14-25-15-18/h4-15,17H,3,16H2,1-2H3,(H,26,29)(H,27,28)/t17-/m0/s1. The number of para-hydroxylation sites is 2. The molecule has 0 aliphatic heterocycles. The van der Waals surface area contributed by atoms with Crippen LogP contribution in [0.3, 0.4) is 0 Å². The van der Waals surface area contributed by atoms with Crippen LogP contribution >= 0.6 is 0 Å². The minimum Gasteiger partial charge on any atom is -0.481 e. The zero-order valence-corrected chi connectivity index (χ0v) is 17.1. The molecule has 30 heavy (non-hydrogen) atoms. The molecule has 0 saturated heterocycles. The highest BCUT2D eigenvalue weighted by atomic mass is 16.5. The molecule has 1 aromatic heterocycles. The molecule has 0 unspecified atom stereocenters. The van der Waals surface area contributed by atoms with Gasteiger partial charge in [0.2, 0.25) is 0 Å². The Hall–Kier alpha value is -3.67. The van der Waals surface area contributed by atoms with Gasteiger partial charge in [0.05, 0.1) is 11.3 Å². The molecule has 0 aliphatic rings. The first kappa shape index (κ1) is 21.0. The lowest BCUT2D eigenvalue weighted by molar-refractivity contribution is -0.122. The summed E-state index contributed by atoms with van der Waals surface area (Å²) in [7, 11) is 0. The average Bonchev–Trinajstić information content (AvgIpc) is 2.78. The number of pyridine rings is 1. The zero-order valence-electron chi connectivity index (χ0n) is 17.1. The molecule has 2 amide bonds. The van der Waals surface area contributed by atoms with Gasteiger partial charge < -0.3 is 15.4 Å². The zero-order chi connectivity index (χ0) is 21.3. The van der Waals surface area contributed by atoms with E-state index < -0.39 is 6.10 Å². The van der Waals surface area contributed by atoms with Crippen LogP contribution in [0.1, 0.15) is 35.3 Å². The summed E-state index contributed by atoms with van der Waals surface area (Å²) in [5, 5.41) is 5.66. The van der Waals surface area contributed by atoms with Crippen molar-refractivity contribution in [3.8, 4) is 5.75 Å². The van der Waals surface area contributed by atoms with Crippen molar-refractivity contribution in [2.45, 2.75) is 32.9 Å². The molecule has 1 heterocycles. The molecular formula is C24H25N3O3. The monoisotopic (exact) mass is 403 g/mol. The fourth-order valence-electron chi connectivity index (χ4n) is 2.96. The molecule has 1 atom stereocenters. The first-order valence-corrected chi connectivity index (χ1v) is 9.90. The van der Waals surface area contributed by atoms with Gasteiger partial charge in [0, 0.05) is 18.9 Å². The fraction of sp³-hybridized carbons (Fsp3) is 0.208. The Morgan fingerprint density at radius 3 is 2.57 bits per heavy atom. The van der Waals surface area contributed by atoms with Crippen LogP contribution < -0.4 is 15.4 Å². The van der Waals surface area contributed by atoms with E-state index in [1.165, 1.54) is 0 Å². The Kier molecular flexibility index (Phi) is 7.16. The third-order valence-electron chi connectivity index (χ3n) is 4.63. The Morgan fingerprint density at radius 2 is 1.80 bits per heavy atom. The fourth-order valence-corrected chi connectivity index (χ4v) is 2.96. The molecule has 3 rings (SSSR count). The predicted molar refractivity (Wildman–Crippen MR) is 116 cm³/mol. The lowest BCUT2D eigenvalue weighted by atomic mass is 10.1. The molecule has 0 aliphatic carbocycles. The van der Waals surface area contributed by atoms with Gasteiger partial charge in [-0.25, -0.2) is 0 Å². The van der Waals surface area contributed by atoms with Crippen molar-refractivity contribution in [2.75, 3.05) is 5.32 Å². The van der Waals surface area contributed by atoms with Crippen LogP contribution in [0.2, 0.25) is 0 Å². The molecule has 0 fully saturated rings. The molecule has 0 spiro atoms. The molecule has 3 aromatic rings. The Morgan fingerprint density at radius 1 is 1.03 bits per heavy atom. The molecule has 0 radical (unpaired) electrons. The summed E-state index contributed by atoms with van der Waals surface area (Å²) in [6, 6.07) is 18.2. The highest BCUT2D eigenvalue weighted by Crippen LogP contribution is 2.21. The average molecular weight is 403 g/mol.